The molecular weight excluding hydrogens is 638 g/mol. The van der Waals surface area contributed by atoms with Crippen molar-refractivity contribution >= 4 is 23.5 Å². The highest BCUT2D eigenvalue weighted by molar-refractivity contribution is 6.30. The average molecular weight is 686 g/mol. The third-order valence-corrected chi connectivity index (χ3v) is 10.9. The molecule has 3 aliphatic rings. The zero-order chi connectivity index (χ0) is 34.4. The van der Waals surface area contributed by atoms with Crippen LogP contribution in [-0.4, -0.2) is 107 Å². The molecule has 0 amide bonds. The van der Waals surface area contributed by atoms with Crippen LogP contribution in [0.15, 0.2) is 54.7 Å². The lowest BCUT2D eigenvalue weighted by Gasteiger charge is -2.43. The highest BCUT2D eigenvalue weighted by Gasteiger charge is 2.30. The van der Waals surface area contributed by atoms with Gasteiger partial charge in [0, 0.05) is 68.5 Å². The molecule has 1 aromatic heterocycles. The van der Waals surface area contributed by atoms with Gasteiger partial charge in [-0.05, 0) is 92.2 Å². The Bertz CT molecular complexity index is 1600. The van der Waals surface area contributed by atoms with Crippen LogP contribution in [-0.2, 0) is 16.8 Å². The first-order chi connectivity index (χ1) is 23.7. The van der Waals surface area contributed by atoms with Crippen LogP contribution in [0.1, 0.15) is 61.9 Å². The molecule has 0 bridgehead atoms. The number of hydrogen-bond donors (Lipinski definition) is 1. The van der Waals surface area contributed by atoms with Gasteiger partial charge in [-0.3, -0.25) is 14.6 Å². The molecule has 3 saturated heterocycles. The van der Waals surface area contributed by atoms with E-state index < -0.39 is 5.97 Å². The third-order valence-electron chi connectivity index (χ3n) is 10.7. The van der Waals surface area contributed by atoms with E-state index >= 15 is 0 Å². The molecule has 3 fully saturated rings. The molecule has 0 saturated carbocycles. The van der Waals surface area contributed by atoms with E-state index in [4.69, 9.17) is 26.4 Å². The summed E-state index contributed by atoms with van der Waals surface area (Å²) in [5, 5.41) is 19.0. The van der Waals surface area contributed by atoms with Gasteiger partial charge in [-0.2, -0.15) is 5.26 Å². The molecule has 0 aliphatic carbocycles. The largest absolute Gasteiger partial charge is 0.487 e. The Kier molecular flexibility index (Phi) is 11.4. The first-order valence-electron chi connectivity index (χ1n) is 17.6. The smallest absolute Gasteiger partial charge is 0.317 e. The minimum atomic E-state index is -0.723. The van der Waals surface area contributed by atoms with Gasteiger partial charge in [0.2, 0.25) is 5.95 Å². The van der Waals surface area contributed by atoms with Crippen molar-refractivity contribution < 1.29 is 14.6 Å². The number of piperidine rings is 2. The number of anilines is 1. The molecule has 10 nitrogen and oxygen atoms in total. The standard InChI is InChI=1S/C38H48ClN7O3/c1-38(2,31-21-29(24-40)22-32(39)23-31)30-3-5-35(6-4-30)49-27-33-7-12-41-37(42-33)46-19-17-44(18-20-46)25-28-8-15-45(16-9-28)34-10-13-43(14-11-34)26-36(47)48/h3-7,12,21-23,28,34H,8-11,13-20,25-27H2,1-2H3,(H,47,48). The van der Waals surface area contributed by atoms with E-state index in [0.29, 0.717) is 23.2 Å². The lowest BCUT2D eigenvalue weighted by molar-refractivity contribution is -0.138. The number of aromatic nitrogens is 2. The van der Waals surface area contributed by atoms with Crippen LogP contribution >= 0.6 is 11.6 Å². The predicted molar refractivity (Wildman–Crippen MR) is 191 cm³/mol. The summed E-state index contributed by atoms with van der Waals surface area (Å²) < 4.78 is 6.12. The van der Waals surface area contributed by atoms with Crippen molar-refractivity contribution in [2.24, 2.45) is 5.92 Å². The second-order valence-corrected chi connectivity index (χ2v) is 14.7. The fraction of sp³-hybridized carbons (Fsp3) is 0.526. The highest BCUT2D eigenvalue weighted by Crippen LogP contribution is 2.34. The quantitative estimate of drug-likeness (QED) is 0.286. The lowest BCUT2D eigenvalue weighted by atomic mass is 9.78. The second kappa shape index (κ2) is 15.9. The summed E-state index contributed by atoms with van der Waals surface area (Å²) in [7, 11) is 0. The molecule has 3 aromatic rings. The van der Waals surface area contributed by atoms with Crippen molar-refractivity contribution in [3.05, 3.63) is 82.1 Å². The SMILES string of the molecule is CC(C)(c1ccc(OCc2ccnc(N3CCN(CC4CCN(C5CCN(CC(=O)O)CC5)CC4)CC3)n2)cc1)c1cc(Cl)cc(C#N)c1. The van der Waals surface area contributed by atoms with Gasteiger partial charge in [0.1, 0.15) is 12.4 Å². The van der Waals surface area contributed by atoms with Crippen LogP contribution in [0.3, 0.4) is 0 Å². The Balaban J connectivity index is 0.934. The molecule has 3 aliphatic heterocycles. The molecular formula is C38H48ClN7O3. The summed E-state index contributed by atoms with van der Waals surface area (Å²) in [6.45, 7) is 13.9. The first kappa shape index (κ1) is 35.1. The number of piperazine rings is 1. The van der Waals surface area contributed by atoms with Crippen LogP contribution in [0.5, 0.6) is 5.75 Å². The summed E-state index contributed by atoms with van der Waals surface area (Å²) in [6, 6.07) is 18.3. The van der Waals surface area contributed by atoms with Crippen molar-refractivity contribution in [2.45, 2.75) is 57.6 Å². The van der Waals surface area contributed by atoms with Crippen molar-refractivity contribution in [1.82, 2.24) is 24.7 Å². The fourth-order valence-corrected chi connectivity index (χ4v) is 7.79. The summed E-state index contributed by atoms with van der Waals surface area (Å²) in [5.41, 5.74) is 3.16. The number of likely N-dealkylation sites (tertiary alicyclic amines) is 2. The van der Waals surface area contributed by atoms with Crippen LogP contribution in [0.25, 0.3) is 0 Å². The predicted octanol–water partition coefficient (Wildman–Crippen LogP) is 5.29. The van der Waals surface area contributed by atoms with E-state index in [1.165, 1.54) is 12.8 Å². The van der Waals surface area contributed by atoms with E-state index in [0.717, 1.165) is 106 Å². The molecule has 0 unspecified atom stereocenters. The second-order valence-electron chi connectivity index (χ2n) is 14.3. The van der Waals surface area contributed by atoms with Crippen molar-refractivity contribution in [3.63, 3.8) is 0 Å². The number of nitriles is 1. The number of rotatable bonds is 11. The number of carboxylic acids is 1. The van der Waals surface area contributed by atoms with Crippen LogP contribution in [0, 0.1) is 17.2 Å². The van der Waals surface area contributed by atoms with E-state index in [2.05, 4.69) is 56.6 Å². The Labute approximate surface area is 295 Å². The summed E-state index contributed by atoms with van der Waals surface area (Å²) in [5.74, 6) is 1.54. The summed E-state index contributed by atoms with van der Waals surface area (Å²) >= 11 is 6.29. The number of nitrogens with zero attached hydrogens (tertiary/aromatic N) is 7. The van der Waals surface area contributed by atoms with Gasteiger partial charge in [0.15, 0.2) is 0 Å². The van der Waals surface area contributed by atoms with Crippen molar-refractivity contribution in [3.8, 4) is 11.8 Å². The Morgan fingerprint density at radius 2 is 1.65 bits per heavy atom. The van der Waals surface area contributed by atoms with Crippen LogP contribution < -0.4 is 9.64 Å². The molecule has 0 radical (unpaired) electrons. The van der Waals surface area contributed by atoms with Crippen LogP contribution in [0.4, 0.5) is 5.95 Å². The first-order valence-corrected chi connectivity index (χ1v) is 18.0. The van der Waals surface area contributed by atoms with Gasteiger partial charge in [-0.15, -0.1) is 0 Å². The fourth-order valence-electron chi connectivity index (χ4n) is 7.55. The maximum atomic E-state index is 11.0. The number of aliphatic carboxylic acids is 1. The Morgan fingerprint density at radius 1 is 0.939 bits per heavy atom. The minimum absolute atomic E-state index is 0.169. The summed E-state index contributed by atoms with van der Waals surface area (Å²) in [4.78, 5) is 30.1. The zero-order valence-electron chi connectivity index (χ0n) is 28.7. The Hall–Kier alpha value is -3.75. The monoisotopic (exact) mass is 685 g/mol. The molecule has 0 atom stereocenters. The van der Waals surface area contributed by atoms with E-state index in [-0.39, 0.29) is 12.0 Å². The number of halogens is 1. The van der Waals surface area contributed by atoms with Gasteiger partial charge in [-0.25, -0.2) is 9.97 Å². The van der Waals surface area contributed by atoms with Crippen LogP contribution in [0.2, 0.25) is 5.02 Å². The number of hydrogen-bond acceptors (Lipinski definition) is 9. The van der Waals surface area contributed by atoms with Gasteiger partial charge in [0.05, 0.1) is 23.9 Å². The molecule has 6 rings (SSSR count). The number of carbonyl (C=O) groups is 1. The average Bonchev–Trinajstić information content (AvgIpc) is 3.11. The summed E-state index contributed by atoms with van der Waals surface area (Å²) in [6.07, 6.45) is 6.47. The van der Waals surface area contributed by atoms with Gasteiger partial charge >= 0.3 is 5.97 Å². The molecule has 2 aromatic carbocycles. The molecule has 11 heteroatoms. The molecule has 4 heterocycles. The van der Waals surface area contributed by atoms with Crippen molar-refractivity contribution in [1.29, 1.82) is 5.26 Å². The Morgan fingerprint density at radius 3 is 2.33 bits per heavy atom. The van der Waals surface area contributed by atoms with Gasteiger partial charge in [0.25, 0.3) is 0 Å². The van der Waals surface area contributed by atoms with E-state index in [9.17, 15) is 10.1 Å². The molecule has 260 valence electrons. The number of benzene rings is 2. The zero-order valence-corrected chi connectivity index (χ0v) is 29.5. The molecule has 49 heavy (non-hydrogen) atoms. The topological polar surface area (TPSA) is 109 Å². The molecule has 1 N–H and O–H groups in total. The van der Waals surface area contributed by atoms with E-state index in [1.54, 1.807) is 6.07 Å². The molecule has 0 spiro atoms. The maximum absolute atomic E-state index is 11.0. The van der Waals surface area contributed by atoms with Crippen molar-refractivity contribution in [2.75, 3.05) is 70.3 Å². The number of ether oxygens (including phenoxy) is 1. The van der Waals surface area contributed by atoms with Gasteiger partial charge in [-0.1, -0.05) is 37.6 Å². The third kappa shape index (κ3) is 9.08. The minimum Gasteiger partial charge on any atom is -0.487 e. The maximum Gasteiger partial charge on any atom is 0.317 e. The normalized spacial score (nSPS) is 19.1. The highest BCUT2D eigenvalue weighted by atomic mass is 35.5. The lowest BCUT2D eigenvalue weighted by Crippen LogP contribution is -2.51. The van der Waals surface area contributed by atoms with Gasteiger partial charge < -0.3 is 19.6 Å². The van der Waals surface area contributed by atoms with E-state index in [1.807, 2.05) is 36.5 Å². The number of carboxylic acid groups (broad SMARTS) is 1.